The minimum Gasteiger partial charge on any atom is -0.503 e. The van der Waals surface area contributed by atoms with E-state index in [1.807, 2.05) is 0 Å². The Hall–Kier alpha value is -1.91. The molecule has 0 aliphatic heterocycles. The summed E-state index contributed by atoms with van der Waals surface area (Å²) in [5.41, 5.74) is -0.726. The van der Waals surface area contributed by atoms with Crippen molar-refractivity contribution in [1.29, 1.82) is 0 Å². The van der Waals surface area contributed by atoms with Crippen LogP contribution in [0.1, 0.15) is 0 Å². The summed E-state index contributed by atoms with van der Waals surface area (Å²) in [7, 11) is 1.49. The normalized spacial score (nSPS) is 10.9. The molecule has 1 aromatic carbocycles. The van der Waals surface area contributed by atoms with E-state index in [2.05, 4.69) is 0 Å². The molecular weight excluding hydrogens is 204 g/mol. The number of rotatable bonds is 0. The van der Waals surface area contributed by atoms with Gasteiger partial charge < -0.3 is 9.67 Å². The molecule has 0 aliphatic carbocycles. The van der Waals surface area contributed by atoms with E-state index in [0.717, 1.165) is 12.3 Å². The molecule has 78 valence electrons. The molecule has 0 saturated heterocycles. The molecular formula is C10H7F2NO2. The first-order chi connectivity index (χ1) is 7.00. The highest BCUT2D eigenvalue weighted by atomic mass is 19.1. The molecule has 1 heterocycles. The van der Waals surface area contributed by atoms with Gasteiger partial charge in [-0.15, -0.1) is 0 Å². The average molecular weight is 211 g/mol. The fourth-order valence-electron chi connectivity index (χ4n) is 1.50. The highest BCUT2D eigenvalue weighted by Crippen LogP contribution is 2.18. The van der Waals surface area contributed by atoms with Crippen molar-refractivity contribution in [3.63, 3.8) is 0 Å². The summed E-state index contributed by atoms with van der Waals surface area (Å²) >= 11 is 0. The van der Waals surface area contributed by atoms with Crippen LogP contribution in [-0.2, 0) is 7.05 Å². The van der Waals surface area contributed by atoms with Crippen LogP contribution < -0.4 is 5.43 Å². The third kappa shape index (κ3) is 1.36. The van der Waals surface area contributed by atoms with Gasteiger partial charge in [-0.3, -0.25) is 4.79 Å². The standard InChI is InChI=1S/C10H7F2NO2/c1-13-4-8(14)10(15)9-6(12)2-5(11)3-7(9)13/h2-4,14H,1H3. The van der Waals surface area contributed by atoms with Crippen molar-refractivity contribution in [3.05, 3.63) is 40.2 Å². The Labute approximate surface area is 83.2 Å². The lowest BCUT2D eigenvalue weighted by molar-refractivity contribution is 0.465. The molecule has 0 unspecified atom stereocenters. The minimum absolute atomic E-state index is 0.107. The summed E-state index contributed by atoms with van der Waals surface area (Å²) in [5, 5.41) is 8.89. The van der Waals surface area contributed by atoms with Crippen LogP contribution in [0.4, 0.5) is 8.78 Å². The van der Waals surface area contributed by atoms with Gasteiger partial charge in [0.25, 0.3) is 0 Å². The lowest BCUT2D eigenvalue weighted by Gasteiger charge is -2.06. The number of aryl methyl sites for hydroxylation is 1. The van der Waals surface area contributed by atoms with Gasteiger partial charge in [0.2, 0.25) is 5.43 Å². The van der Waals surface area contributed by atoms with Gasteiger partial charge in [0.05, 0.1) is 17.1 Å². The van der Waals surface area contributed by atoms with Crippen molar-refractivity contribution in [2.45, 2.75) is 0 Å². The SMILES string of the molecule is Cn1cc(O)c(=O)c2c(F)cc(F)cc21. The van der Waals surface area contributed by atoms with Crippen molar-refractivity contribution < 1.29 is 13.9 Å². The Balaban J connectivity index is 3.10. The van der Waals surface area contributed by atoms with Gasteiger partial charge in [0.15, 0.2) is 5.75 Å². The molecule has 0 aliphatic rings. The van der Waals surface area contributed by atoms with Crippen LogP contribution >= 0.6 is 0 Å². The molecule has 0 atom stereocenters. The highest BCUT2D eigenvalue weighted by molar-refractivity contribution is 5.80. The molecule has 2 rings (SSSR count). The first kappa shape index (κ1) is 9.64. The molecule has 0 amide bonds. The van der Waals surface area contributed by atoms with Crippen LogP contribution in [-0.4, -0.2) is 9.67 Å². The van der Waals surface area contributed by atoms with Gasteiger partial charge in [-0.25, -0.2) is 8.78 Å². The molecule has 0 radical (unpaired) electrons. The number of aromatic nitrogens is 1. The first-order valence-corrected chi connectivity index (χ1v) is 4.18. The predicted molar refractivity (Wildman–Crippen MR) is 50.8 cm³/mol. The zero-order valence-electron chi connectivity index (χ0n) is 7.79. The van der Waals surface area contributed by atoms with E-state index < -0.39 is 22.8 Å². The van der Waals surface area contributed by atoms with Gasteiger partial charge in [-0.05, 0) is 6.07 Å². The van der Waals surface area contributed by atoms with E-state index in [9.17, 15) is 18.7 Å². The second kappa shape index (κ2) is 3.05. The number of hydrogen-bond acceptors (Lipinski definition) is 2. The fraction of sp³-hybridized carbons (Fsp3) is 0.100. The first-order valence-electron chi connectivity index (χ1n) is 4.18. The summed E-state index contributed by atoms with van der Waals surface area (Å²) in [6, 6.07) is 1.66. The Morgan fingerprint density at radius 3 is 2.67 bits per heavy atom. The molecule has 15 heavy (non-hydrogen) atoms. The summed E-state index contributed by atoms with van der Waals surface area (Å²) in [6.45, 7) is 0. The third-order valence-electron chi connectivity index (χ3n) is 2.19. The molecule has 5 heteroatoms. The number of fused-ring (bicyclic) bond motifs is 1. The van der Waals surface area contributed by atoms with Crippen LogP contribution in [0, 0.1) is 11.6 Å². The average Bonchev–Trinajstić information content (AvgIpc) is 2.13. The zero-order chi connectivity index (χ0) is 11.2. The Morgan fingerprint density at radius 1 is 1.33 bits per heavy atom. The quantitative estimate of drug-likeness (QED) is 0.717. The monoisotopic (exact) mass is 211 g/mol. The minimum atomic E-state index is -0.971. The lowest BCUT2D eigenvalue weighted by Crippen LogP contribution is -2.08. The smallest absolute Gasteiger partial charge is 0.233 e. The number of pyridine rings is 1. The van der Waals surface area contributed by atoms with Crippen LogP contribution in [0.2, 0.25) is 0 Å². The number of hydrogen-bond donors (Lipinski definition) is 1. The molecule has 3 nitrogen and oxygen atoms in total. The lowest BCUT2D eigenvalue weighted by atomic mass is 10.2. The fourth-order valence-corrected chi connectivity index (χ4v) is 1.50. The summed E-state index contributed by atoms with van der Waals surface area (Å²) in [6.07, 6.45) is 1.11. The molecule has 1 N–H and O–H groups in total. The van der Waals surface area contributed by atoms with E-state index in [-0.39, 0.29) is 10.9 Å². The topological polar surface area (TPSA) is 42.2 Å². The largest absolute Gasteiger partial charge is 0.503 e. The molecule has 0 fully saturated rings. The van der Waals surface area contributed by atoms with Crippen molar-refractivity contribution in [2.75, 3.05) is 0 Å². The van der Waals surface area contributed by atoms with Crippen molar-refractivity contribution >= 4 is 10.9 Å². The van der Waals surface area contributed by atoms with Gasteiger partial charge in [-0.2, -0.15) is 0 Å². The molecule has 0 bridgehead atoms. The summed E-state index contributed by atoms with van der Waals surface area (Å²) in [4.78, 5) is 11.4. The van der Waals surface area contributed by atoms with E-state index in [1.54, 1.807) is 0 Å². The third-order valence-corrected chi connectivity index (χ3v) is 2.19. The Bertz CT molecular complexity index is 604. The van der Waals surface area contributed by atoms with Crippen molar-refractivity contribution in [1.82, 2.24) is 4.57 Å². The molecule has 0 spiro atoms. The molecule has 1 aromatic heterocycles. The van der Waals surface area contributed by atoms with Gasteiger partial charge in [-0.1, -0.05) is 0 Å². The Kier molecular flexibility index (Phi) is 1.96. The van der Waals surface area contributed by atoms with Gasteiger partial charge in [0.1, 0.15) is 11.6 Å². The Morgan fingerprint density at radius 2 is 2.00 bits per heavy atom. The maximum absolute atomic E-state index is 13.3. The number of halogens is 2. The van der Waals surface area contributed by atoms with Crippen LogP contribution in [0.25, 0.3) is 10.9 Å². The van der Waals surface area contributed by atoms with Gasteiger partial charge in [0, 0.05) is 13.1 Å². The van der Waals surface area contributed by atoms with E-state index >= 15 is 0 Å². The number of benzene rings is 1. The maximum Gasteiger partial charge on any atom is 0.233 e. The van der Waals surface area contributed by atoms with E-state index in [4.69, 9.17) is 0 Å². The number of aromatic hydroxyl groups is 1. The van der Waals surface area contributed by atoms with Crippen LogP contribution in [0.5, 0.6) is 5.75 Å². The van der Waals surface area contributed by atoms with E-state index in [0.29, 0.717) is 6.07 Å². The van der Waals surface area contributed by atoms with E-state index in [1.165, 1.54) is 11.6 Å². The summed E-state index contributed by atoms with van der Waals surface area (Å²) in [5.74, 6) is -2.29. The second-order valence-electron chi connectivity index (χ2n) is 3.24. The summed E-state index contributed by atoms with van der Waals surface area (Å²) < 4.78 is 27.5. The zero-order valence-corrected chi connectivity index (χ0v) is 7.79. The highest BCUT2D eigenvalue weighted by Gasteiger charge is 2.12. The second-order valence-corrected chi connectivity index (χ2v) is 3.24. The molecule has 0 saturated carbocycles. The maximum atomic E-state index is 13.3. The molecule has 2 aromatic rings. The number of nitrogens with zero attached hydrogens (tertiary/aromatic N) is 1. The van der Waals surface area contributed by atoms with Crippen LogP contribution in [0.3, 0.4) is 0 Å². The van der Waals surface area contributed by atoms with Crippen molar-refractivity contribution in [3.8, 4) is 5.75 Å². The van der Waals surface area contributed by atoms with Crippen LogP contribution in [0.15, 0.2) is 23.1 Å². The van der Waals surface area contributed by atoms with Gasteiger partial charge >= 0.3 is 0 Å². The predicted octanol–water partition coefficient (Wildman–Crippen LogP) is 1.52. The van der Waals surface area contributed by atoms with Crippen molar-refractivity contribution in [2.24, 2.45) is 7.05 Å².